The fraction of sp³-hybridized carbons (Fsp3) is 0.176. The smallest absolute Gasteiger partial charge is 0.278 e. The average molecular weight is 347 g/mol. The van der Waals surface area contributed by atoms with Crippen molar-refractivity contribution in [2.75, 3.05) is 17.7 Å². The molecule has 7 heteroatoms. The summed E-state index contributed by atoms with van der Waals surface area (Å²) in [6.45, 7) is 1.41. The maximum atomic E-state index is 12.7. The van der Waals surface area contributed by atoms with Crippen LogP contribution in [0.4, 0.5) is 11.4 Å². The molecule has 1 aliphatic heterocycles. The van der Waals surface area contributed by atoms with Gasteiger partial charge in [-0.15, -0.1) is 0 Å². The van der Waals surface area contributed by atoms with Crippen LogP contribution < -0.4 is 20.1 Å². The van der Waals surface area contributed by atoms with Gasteiger partial charge in [-0.1, -0.05) is 23.7 Å². The molecule has 0 aliphatic carbocycles. The number of para-hydroxylation sites is 2. The van der Waals surface area contributed by atoms with Crippen LogP contribution in [0.3, 0.4) is 0 Å². The number of halogens is 1. The molecule has 0 unspecified atom stereocenters. The van der Waals surface area contributed by atoms with Crippen molar-refractivity contribution in [3.05, 3.63) is 47.5 Å². The predicted octanol–water partition coefficient (Wildman–Crippen LogP) is 3.08. The number of carbonyl (C=O) groups excluding carboxylic acids is 2. The van der Waals surface area contributed by atoms with Gasteiger partial charge in [0.1, 0.15) is 11.5 Å². The highest BCUT2D eigenvalue weighted by Crippen LogP contribution is 2.36. The van der Waals surface area contributed by atoms with Crippen LogP contribution in [-0.4, -0.2) is 24.5 Å². The molecule has 24 heavy (non-hydrogen) atoms. The van der Waals surface area contributed by atoms with E-state index in [0.29, 0.717) is 27.9 Å². The number of hydrogen-bond acceptors (Lipinski definition) is 4. The van der Waals surface area contributed by atoms with Crippen molar-refractivity contribution in [1.82, 2.24) is 0 Å². The first-order valence-corrected chi connectivity index (χ1v) is 7.56. The molecule has 0 aromatic heterocycles. The minimum absolute atomic E-state index is 0.372. The second-order valence-corrected chi connectivity index (χ2v) is 5.82. The topological polar surface area (TPSA) is 76.7 Å². The molecule has 1 atom stereocenters. The number of nitrogens with one attached hydrogen (secondary N) is 2. The maximum absolute atomic E-state index is 12.7. The van der Waals surface area contributed by atoms with E-state index in [9.17, 15) is 9.59 Å². The zero-order chi connectivity index (χ0) is 17.3. The van der Waals surface area contributed by atoms with Crippen molar-refractivity contribution < 1.29 is 19.1 Å². The first-order valence-electron chi connectivity index (χ1n) is 7.18. The third-order valence-electron chi connectivity index (χ3n) is 3.73. The third-order valence-corrected chi connectivity index (χ3v) is 3.96. The Hall–Kier alpha value is -2.73. The lowest BCUT2D eigenvalue weighted by molar-refractivity contribution is -0.143. The summed E-state index contributed by atoms with van der Waals surface area (Å²) in [4.78, 5) is 25.1. The lowest BCUT2D eigenvalue weighted by Gasteiger charge is -2.33. The van der Waals surface area contributed by atoms with E-state index in [1.807, 2.05) is 0 Å². The lowest BCUT2D eigenvalue weighted by Crippen LogP contribution is -2.56. The van der Waals surface area contributed by atoms with E-state index in [-0.39, 0.29) is 0 Å². The molecule has 1 aliphatic rings. The van der Waals surface area contributed by atoms with Crippen LogP contribution >= 0.6 is 11.6 Å². The van der Waals surface area contributed by atoms with Crippen molar-refractivity contribution in [3.8, 4) is 11.5 Å². The minimum Gasteiger partial charge on any atom is -0.495 e. The zero-order valence-corrected chi connectivity index (χ0v) is 13.8. The number of anilines is 2. The van der Waals surface area contributed by atoms with E-state index in [2.05, 4.69) is 10.6 Å². The number of carbonyl (C=O) groups is 2. The molecule has 2 aromatic carbocycles. The Morgan fingerprint density at radius 1 is 1.29 bits per heavy atom. The first-order chi connectivity index (χ1) is 11.4. The number of rotatable bonds is 3. The highest BCUT2D eigenvalue weighted by Gasteiger charge is 2.47. The van der Waals surface area contributed by atoms with Crippen molar-refractivity contribution in [1.29, 1.82) is 0 Å². The number of hydrogen-bond donors (Lipinski definition) is 2. The standard InChI is InChI=1S/C17H15ClN2O4/c1-17(15(21)19-11-5-3-4-6-13(11)23-2)16(22)20-12-9-10(18)7-8-14(12)24-17/h3-9H,1-2H3,(H,19,21)(H,20,22)/t17-/m0/s1. The van der Waals surface area contributed by atoms with Crippen LogP contribution in [0.2, 0.25) is 5.02 Å². The molecule has 2 amide bonds. The summed E-state index contributed by atoms with van der Waals surface area (Å²) in [5.74, 6) is -0.329. The van der Waals surface area contributed by atoms with Gasteiger partial charge in [0.15, 0.2) is 0 Å². The van der Waals surface area contributed by atoms with E-state index in [1.54, 1.807) is 42.5 Å². The van der Waals surface area contributed by atoms with Gasteiger partial charge in [-0.3, -0.25) is 9.59 Å². The van der Waals surface area contributed by atoms with Gasteiger partial charge in [0.25, 0.3) is 17.4 Å². The largest absolute Gasteiger partial charge is 0.495 e. The molecule has 0 saturated carbocycles. The molecule has 2 N–H and O–H groups in total. The number of methoxy groups -OCH3 is 1. The van der Waals surface area contributed by atoms with Crippen molar-refractivity contribution in [2.24, 2.45) is 0 Å². The molecule has 3 rings (SSSR count). The molecule has 0 spiro atoms. The summed E-state index contributed by atoms with van der Waals surface area (Å²) in [5, 5.41) is 5.77. The zero-order valence-electron chi connectivity index (χ0n) is 13.1. The fourth-order valence-electron chi connectivity index (χ4n) is 2.34. The summed E-state index contributed by atoms with van der Waals surface area (Å²) in [5.41, 5.74) is -0.846. The van der Waals surface area contributed by atoms with Gasteiger partial charge < -0.3 is 20.1 Å². The molecule has 6 nitrogen and oxygen atoms in total. The summed E-state index contributed by atoms with van der Waals surface area (Å²) < 4.78 is 10.9. The Morgan fingerprint density at radius 2 is 2.04 bits per heavy atom. The fourth-order valence-corrected chi connectivity index (χ4v) is 2.51. The normalized spacial score (nSPS) is 18.9. The van der Waals surface area contributed by atoms with Gasteiger partial charge in [-0.2, -0.15) is 0 Å². The maximum Gasteiger partial charge on any atom is 0.278 e. The van der Waals surface area contributed by atoms with Gasteiger partial charge in [-0.05, 0) is 37.3 Å². The molecule has 124 valence electrons. The highest BCUT2D eigenvalue weighted by atomic mass is 35.5. The summed E-state index contributed by atoms with van der Waals surface area (Å²) >= 11 is 5.90. The van der Waals surface area contributed by atoms with E-state index in [4.69, 9.17) is 21.1 Å². The van der Waals surface area contributed by atoms with Crippen LogP contribution in [0, 0.1) is 0 Å². The molecule has 1 heterocycles. The van der Waals surface area contributed by atoms with E-state index < -0.39 is 17.4 Å². The Bertz CT molecular complexity index is 824. The van der Waals surface area contributed by atoms with Crippen molar-refractivity contribution >= 4 is 34.8 Å². The molecule has 2 aromatic rings. The molecule has 0 bridgehead atoms. The molecule has 0 fully saturated rings. The summed E-state index contributed by atoms with van der Waals surface area (Å²) in [6, 6.07) is 11.7. The van der Waals surface area contributed by atoms with Crippen LogP contribution in [-0.2, 0) is 9.59 Å². The van der Waals surface area contributed by atoms with Gasteiger partial charge in [0.2, 0.25) is 0 Å². The molecule has 0 saturated heterocycles. The number of fused-ring (bicyclic) bond motifs is 1. The SMILES string of the molecule is COc1ccccc1NC(=O)[C@]1(C)Oc2ccc(Cl)cc2NC1=O. The van der Waals surface area contributed by atoms with Crippen LogP contribution in [0.15, 0.2) is 42.5 Å². The quantitative estimate of drug-likeness (QED) is 0.837. The average Bonchev–Trinajstić information content (AvgIpc) is 2.56. The highest BCUT2D eigenvalue weighted by molar-refractivity contribution is 6.31. The molecular formula is C17H15ClN2O4. The van der Waals surface area contributed by atoms with Gasteiger partial charge in [-0.25, -0.2) is 0 Å². The van der Waals surface area contributed by atoms with E-state index in [1.165, 1.54) is 14.0 Å². The summed E-state index contributed by atoms with van der Waals surface area (Å²) in [6.07, 6.45) is 0. The van der Waals surface area contributed by atoms with Gasteiger partial charge in [0, 0.05) is 5.02 Å². The Balaban J connectivity index is 1.89. The third kappa shape index (κ3) is 2.76. The number of amides is 2. The minimum atomic E-state index is -1.72. The van der Waals surface area contributed by atoms with E-state index >= 15 is 0 Å². The monoisotopic (exact) mass is 346 g/mol. The van der Waals surface area contributed by atoms with Crippen LogP contribution in [0.25, 0.3) is 0 Å². The first kappa shape index (κ1) is 16.1. The van der Waals surface area contributed by atoms with Crippen LogP contribution in [0.5, 0.6) is 11.5 Å². The van der Waals surface area contributed by atoms with Crippen molar-refractivity contribution in [3.63, 3.8) is 0 Å². The Labute approximate surface area is 143 Å². The van der Waals surface area contributed by atoms with Gasteiger partial charge in [0.05, 0.1) is 18.5 Å². The second-order valence-electron chi connectivity index (χ2n) is 5.38. The Kier molecular flexibility index (Phi) is 4.07. The van der Waals surface area contributed by atoms with Crippen molar-refractivity contribution in [2.45, 2.75) is 12.5 Å². The molecule has 0 radical (unpaired) electrons. The summed E-state index contributed by atoms with van der Waals surface area (Å²) in [7, 11) is 1.50. The molecular weight excluding hydrogens is 332 g/mol. The second kappa shape index (κ2) is 6.05. The van der Waals surface area contributed by atoms with E-state index in [0.717, 1.165) is 0 Å². The predicted molar refractivity (Wildman–Crippen MR) is 90.7 cm³/mol. The Morgan fingerprint density at radius 3 is 2.79 bits per heavy atom. The lowest BCUT2D eigenvalue weighted by atomic mass is 10.0. The van der Waals surface area contributed by atoms with Crippen LogP contribution in [0.1, 0.15) is 6.92 Å². The number of ether oxygens (including phenoxy) is 2. The number of benzene rings is 2. The van der Waals surface area contributed by atoms with Gasteiger partial charge >= 0.3 is 0 Å².